The SMILES string of the molecule is CCCCNc1ncc2c(-c3ccc(N4CCNCC4)nc3)nn(CC3CCNCC3)c2n1. The van der Waals surface area contributed by atoms with E-state index in [4.69, 9.17) is 15.1 Å². The predicted molar refractivity (Wildman–Crippen MR) is 133 cm³/mol. The summed E-state index contributed by atoms with van der Waals surface area (Å²) in [7, 11) is 0. The summed E-state index contributed by atoms with van der Waals surface area (Å²) in [6, 6.07) is 4.24. The molecule has 0 unspecified atom stereocenters. The zero-order valence-corrected chi connectivity index (χ0v) is 19.6. The maximum absolute atomic E-state index is 5.04. The second-order valence-corrected chi connectivity index (χ2v) is 9.08. The second kappa shape index (κ2) is 10.4. The number of piperazine rings is 1. The van der Waals surface area contributed by atoms with Crippen LogP contribution in [0.5, 0.6) is 0 Å². The van der Waals surface area contributed by atoms with E-state index in [2.05, 4.69) is 49.6 Å². The van der Waals surface area contributed by atoms with Gasteiger partial charge in [-0.1, -0.05) is 13.3 Å². The van der Waals surface area contributed by atoms with Gasteiger partial charge in [-0.2, -0.15) is 10.1 Å². The molecule has 0 spiro atoms. The van der Waals surface area contributed by atoms with Crippen LogP contribution in [0.25, 0.3) is 22.3 Å². The lowest BCUT2D eigenvalue weighted by Crippen LogP contribution is -2.43. The summed E-state index contributed by atoms with van der Waals surface area (Å²) in [5, 5.41) is 16.2. The van der Waals surface area contributed by atoms with Crippen LogP contribution in [0.3, 0.4) is 0 Å². The first-order valence-electron chi connectivity index (χ1n) is 12.4. The van der Waals surface area contributed by atoms with Crippen LogP contribution in [0.1, 0.15) is 32.6 Å². The lowest BCUT2D eigenvalue weighted by atomic mass is 9.98. The van der Waals surface area contributed by atoms with Crippen LogP contribution in [-0.2, 0) is 6.54 Å². The number of unbranched alkanes of at least 4 members (excludes halogenated alkanes) is 1. The van der Waals surface area contributed by atoms with Crippen molar-refractivity contribution in [2.45, 2.75) is 39.2 Å². The van der Waals surface area contributed by atoms with Gasteiger partial charge in [0.15, 0.2) is 5.65 Å². The smallest absolute Gasteiger partial charge is 0.224 e. The highest BCUT2D eigenvalue weighted by molar-refractivity contribution is 5.91. The van der Waals surface area contributed by atoms with Gasteiger partial charge in [0, 0.05) is 57.2 Å². The Balaban J connectivity index is 1.45. The van der Waals surface area contributed by atoms with E-state index in [9.17, 15) is 0 Å². The third kappa shape index (κ3) is 5.09. The molecule has 0 amide bonds. The molecule has 0 aliphatic carbocycles. The summed E-state index contributed by atoms with van der Waals surface area (Å²) in [6.07, 6.45) is 8.45. The Morgan fingerprint density at radius 1 is 1.03 bits per heavy atom. The van der Waals surface area contributed by atoms with Gasteiger partial charge < -0.3 is 20.9 Å². The third-order valence-electron chi connectivity index (χ3n) is 6.65. The van der Waals surface area contributed by atoms with Gasteiger partial charge in [0.05, 0.1) is 5.39 Å². The fraction of sp³-hybridized carbons (Fsp3) is 0.583. The van der Waals surface area contributed by atoms with Crippen LogP contribution in [0.2, 0.25) is 0 Å². The molecule has 3 aromatic heterocycles. The number of nitrogens with zero attached hydrogens (tertiary/aromatic N) is 6. The van der Waals surface area contributed by atoms with Crippen LogP contribution in [-0.4, -0.2) is 70.5 Å². The number of anilines is 2. The lowest BCUT2D eigenvalue weighted by Gasteiger charge is -2.28. The predicted octanol–water partition coefficient (Wildman–Crippen LogP) is 2.51. The highest BCUT2D eigenvalue weighted by Gasteiger charge is 2.20. The minimum atomic E-state index is 0.613. The number of hydrogen-bond donors (Lipinski definition) is 3. The average Bonchev–Trinajstić information content (AvgIpc) is 3.23. The summed E-state index contributed by atoms with van der Waals surface area (Å²) in [5.41, 5.74) is 2.83. The number of hydrogen-bond acceptors (Lipinski definition) is 8. The first kappa shape index (κ1) is 22.0. The molecule has 0 saturated carbocycles. The molecule has 2 saturated heterocycles. The molecular formula is C24H35N9. The summed E-state index contributed by atoms with van der Waals surface area (Å²) in [5.74, 6) is 2.32. The quantitative estimate of drug-likeness (QED) is 0.452. The molecule has 5 rings (SSSR count). The van der Waals surface area contributed by atoms with Gasteiger partial charge in [0.1, 0.15) is 11.5 Å². The van der Waals surface area contributed by atoms with Crippen LogP contribution in [0, 0.1) is 5.92 Å². The van der Waals surface area contributed by atoms with Crippen molar-refractivity contribution in [1.29, 1.82) is 0 Å². The Kier molecular flexibility index (Phi) is 6.97. The molecule has 3 aromatic rings. The van der Waals surface area contributed by atoms with E-state index < -0.39 is 0 Å². The van der Waals surface area contributed by atoms with Crippen molar-refractivity contribution in [3.8, 4) is 11.3 Å². The van der Waals surface area contributed by atoms with Crippen LogP contribution in [0.4, 0.5) is 11.8 Å². The minimum Gasteiger partial charge on any atom is -0.354 e. The van der Waals surface area contributed by atoms with Crippen LogP contribution < -0.4 is 20.9 Å². The molecule has 0 aromatic carbocycles. The van der Waals surface area contributed by atoms with Gasteiger partial charge in [0.25, 0.3) is 0 Å². The van der Waals surface area contributed by atoms with E-state index in [1.165, 1.54) is 12.8 Å². The van der Waals surface area contributed by atoms with E-state index in [1.807, 2.05) is 12.4 Å². The summed E-state index contributed by atoms with van der Waals surface area (Å²) >= 11 is 0. The molecule has 2 aliphatic heterocycles. The van der Waals surface area contributed by atoms with Crippen molar-refractivity contribution in [3.05, 3.63) is 24.5 Å². The van der Waals surface area contributed by atoms with Gasteiger partial charge in [-0.15, -0.1) is 0 Å². The highest BCUT2D eigenvalue weighted by Crippen LogP contribution is 2.29. The highest BCUT2D eigenvalue weighted by atomic mass is 15.3. The molecule has 9 heteroatoms. The van der Waals surface area contributed by atoms with Gasteiger partial charge >= 0.3 is 0 Å². The third-order valence-corrected chi connectivity index (χ3v) is 6.65. The molecule has 0 atom stereocenters. The zero-order valence-electron chi connectivity index (χ0n) is 19.6. The number of piperidine rings is 1. The fourth-order valence-electron chi connectivity index (χ4n) is 4.68. The molecule has 9 nitrogen and oxygen atoms in total. The fourth-order valence-corrected chi connectivity index (χ4v) is 4.68. The maximum Gasteiger partial charge on any atom is 0.224 e. The summed E-state index contributed by atoms with van der Waals surface area (Å²) in [6.45, 7) is 10.1. The molecule has 0 bridgehead atoms. The van der Waals surface area contributed by atoms with Crippen molar-refractivity contribution < 1.29 is 0 Å². The molecule has 33 heavy (non-hydrogen) atoms. The average molecular weight is 450 g/mol. The van der Waals surface area contributed by atoms with Crippen LogP contribution in [0.15, 0.2) is 24.5 Å². The van der Waals surface area contributed by atoms with Crippen molar-refractivity contribution in [1.82, 2.24) is 35.4 Å². The molecule has 0 radical (unpaired) electrons. The minimum absolute atomic E-state index is 0.613. The summed E-state index contributed by atoms with van der Waals surface area (Å²) in [4.78, 5) is 16.6. The zero-order chi connectivity index (χ0) is 22.5. The standard InChI is InChI=1S/C24H35N9/c1-2-3-8-27-24-29-16-20-22(19-4-5-21(28-15-19)32-13-11-26-12-14-32)31-33(23(20)30-24)17-18-6-9-25-10-7-18/h4-5,15-16,18,25-26H,2-3,6-14,17H2,1H3,(H,27,29,30). The Hall–Kier alpha value is -2.78. The molecule has 5 heterocycles. The van der Waals surface area contributed by atoms with Gasteiger partial charge in [-0.25, -0.2) is 14.6 Å². The van der Waals surface area contributed by atoms with E-state index >= 15 is 0 Å². The Labute approximate surface area is 195 Å². The summed E-state index contributed by atoms with van der Waals surface area (Å²) < 4.78 is 2.09. The molecule has 176 valence electrons. The largest absolute Gasteiger partial charge is 0.354 e. The Morgan fingerprint density at radius 2 is 1.85 bits per heavy atom. The van der Waals surface area contributed by atoms with Crippen LogP contribution >= 0.6 is 0 Å². The lowest BCUT2D eigenvalue weighted by molar-refractivity contribution is 0.325. The first-order chi connectivity index (χ1) is 16.3. The number of fused-ring (bicyclic) bond motifs is 1. The number of aromatic nitrogens is 5. The van der Waals surface area contributed by atoms with Crippen molar-refractivity contribution in [3.63, 3.8) is 0 Å². The van der Waals surface area contributed by atoms with E-state index in [0.29, 0.717) is 11.9 Å². The normalized spacial score (nSPS) is 17.5. The number of pyridine rings is 1. The Morgan fingerprint density at radius 3 is 2.61 bits per heavy atom. The van der Waals surface area contributed by atoms with Gasteiger partial charge in [0.2, 0.25) is 5.95 Å². The molecule has 2 aliphatic rings. The monoisotopic (exact) mass is 449 g/mol. The van der Waals surface area contributed by atoms with E-state index in [0.717, 1.165) is 93.3 Å². The topological polar surface area (TPSA) is 95.8 Å². The van der Waals surface area contributed by atoms with E-state index in [-0.39, 0.29) is 0 Å². The van der Waals surface area contributed by atoms with Gasteiger partial charge in [-0.3, -0.25) is 0 Å². The molecular weight excluding hydrogens is 414 g/mol. The number of nitrogens with one attached hydrogen (secondary N) is 3. The molecule has 3 N–H and O–H groups in total. The van der Waals surface area contributed by atoms with Crippen molar-refractivity contribution in [2.75, 3.05) is 56.0 Å². The Bertz CT molecular complexity index is 1030. The maximum atomic E-state index is 5.04. The first-order valence-corrected chi connectivity index (χ1v) is 12.4. The second-order valence-electron chi connectivity index (χ2n) is 9.08. The van der Waals surface area contributed by atoms with Crippen molar-refractivity contribution in [2.24, 2.45) is 5.92 Å². The molecule has 2 fully saturated rings. The van der Waals surface area contributed by atoms with Gasteiger partial charge in [-0.05, 0) is 50.4 Å². The van der Waals surface area contributed by atoms with E-state index in [1.54, 1.807) is 0 Å². The van der Waals surface area contributed by atoms with Crippen molar-refractivity contribution >= 4 is 22.8 Å². The number of rotatable bonds is 8.